The zero-order valence-corrected chi connectivity index (χ0v) is 9.71. The maximum absolute atomic E-state index is 11.7. The molecule has 0 aliphatic carbocycles. The lowest BCUT2D eigenvalue weighted by Crippen LogP contribution is -2.09. The third kappa shape index (κ3) is 4.22. The molecule has 84 valence electrons. The van der Waals surface area contributed by atoms with Crippen molar-refractivity contribution in [1.29, 1.82) is 0 Å². The zero-order chi connectivity index (χ0) is 11.0. The van der Waals surface area contributed by atoms with Crippen molar-refractivity contribution in [2.45, 2.75) is 27.2 Å². The molecular formula is C8H17O5P. The van der Waals surface area contributed by atoms with Crippen LogP contribution in [0.2, 0.25) is 0 Å². The summed E-state index contributed by atoms with van der Waals surface area (Å²) < 4.78 is 26.0. The van der Waals surface area contributed by atoms with E-state index in [1.165, 1.54) is 0 Å². The first-order valence-corrected chi connectivity index (χ1v) is 6.21. The van der Waals surface area contributed by atoms with E-state index in [1.54, 1.807) is 13.8 Å². The number of hydrogen-bond donors (Lipinski definition) is 0. The van der Waals surface area contributed by atoms with Gasteiger partial charge >= 0.3 is 13.3 Å². The summed E-state index contributed by atoms with van der Waals surface area (Å²) in [6.07, 6.45) is 0.671. The van der Waals surface area contributed by atoms with Gasteiger partial charge < -0.3 is 13.8 Å². The van der Waals surface area contributed by atoms with E-state index >= 15 is 0 Å². The van der Waals surface area contributed by atoms with E-state index in [2.05, 4.69) is 0 Å². The first-order valence-electron chi connectivity index (χ1n) is 4.67. The minimum atomic E-state index is -3.70. The number of ether oxygens (including phenoxy) is 1. The van der Waals surface area contributed by atoms with Gasteiger partial charge in [-0.15, -0.1) is 0 Å². The molecule has 0 amide bonds. The molecule has 5 nitrogen and oxygen atoms in total. The van der Waals surface area contributed by atoms with Crippen LogP contribution in [0.5, 0.6) is 0 Å². The summed E-state index contributed by atoms with van der Waals surface area (Å²) in [6.45, 7) is 5.65. The van der Waals surface area contributed by atoms with Crippen LogP contribution in [0.3, 0.4) is 0 Å². The second-order valence-electron chi connectivity index (χ2n) is 2.45. The van der Waals surface area contributed by atoms with Gasteiger partial charge in [0.05, 0.1) is 19.8 Å². The molecule has 0 spiro atoms. The molecule has 0 aliphatic heterocycles. The number of hydrogen-bond acceptors (Lipinski definition) is 5. The molecule has 0 saturated carbocycles. The molecule has 0 heterocycles. The average molecular weight is 224 g/mol. The van der Waals surface area contributed by atoms with Crippen molar-refractivity contribution < 1.29 is 23.1 Å². The predicted molar refractivity (Wildman–Crippen MR) is 52.5 cm³/mol. The van der Waals surface area contributed by atoms with Crippen molar-refractivity contribution in [3.8, 4) is 0 Å². The molecule has 0 radical (unpaired) electrons. The number of carbonyl (C=O) groups excluding carboxylic acids is 1. The first-order chi connectivity index (χ1) is 6.60. The first kappa shape index (κ1) is 13.6. The van der Waals surface area contributed by atoms with Crippen molar-refractivity contribution in [3.05, 3.63) is 0 Å². The lowest BCUT2D eigenvalue weighted by atomic mass is 10.5. The smallest absolute Gasteiger partial charge is 0.438 e. The quantitative estimate of drug-likeness (QED) is 0.622. The van der Waals surface area contributed by atoms with E-state index in [0.29, 0.717) is 6.42 Å². The van der Waals surface area contributed by atoms with Gasteiger partial charge in [0.15, 0.2) is 0 Å². The molecular weight excluding hydrogens is 207 g/mol. The van der Waals surface area contributed by atoms with Gasteiger partial charge in [0.2, 0.25) is 0 Å². The molecule has 0 aromatic heterocycles. The second-order valence-corrected chi connectivity index (χ2v) is 4.32. The highest BCUT2D eigenvalue weighted by Crippen LogP contribution is 2.49. The molecule has 14 heavy (non-hydrogen) atoms. The van der Waals surface area contributed by atoms with Crippen LogP contribution in [0, 0.1) is 0 Å². The van der Waals surface area contributed by atoms with Crippen molar-refractivity contribution in [1.82, 2.24) is 0 Å². The van der Waals surface area contributed by atoms with E-state index in [4.69, 9.17) is 13.8 Å². The Morgan fingerprint density at radius 3 is 2.00 bits per heavy atom. The fraction of sp³-hybridized carbons (Fsp3) is 0.875. The minimum Gasteiger partial charge on any atom is -0.457 e. The van der Waals surface area contributed by atoms with Crippen LogP contribution in [0.15, 0.2) is 0 Å². The van der Waals surface area contributed by atoms with Gasteiger partial charge in [-0.05, 0) is 20.3 Å². The Morgan fingerprint density at radius 1 is 1.14 bits per heavy atom. The zero-order valence-electron chi connectivity index (χ0n) is 8.82. The summed E-state index contributed by atoms with van der Waals surface area (Å²) >= 11 is 0. The van der Waals surface area contributed by atoms with E-state index in [1.807, 2.05) is 6.92 Å². The summed E-state index contributed by atoms with van der Waals surface area (Å²) in [5.74, 6) is 0. The van der Waals surface area contributed by atoms with Gasteiger partial charge in [-0.1, -0.05) is 6.92 Å². The van der Waals surface area contributed by atoms with Gasteiger partial charge in [-0.2, -0.15) is 0 Å². The normalized spacial score (nSPS) is 11.4. The van der Waals surface area contributed by atoms with Crippen LogP contribution in [0.4, 0.5) is 4.79 Å². The largest absolute Gasteiger partial charge is 0.457 e. The van der Waals surface area contributed by atoms with Crippen LogP contribution in [0.25, 0.3) is 0 Å². The molecule has 0 aliphatic rings. The Kier molecular flexibility index (Phi) is 6.79. The Hall–Kier alpha value is -0.380. The molecule has 0 aromatic rings. The average Bonchev–Trinajstić information content (AvgIpc) is 2.15. The van der Waals surface area contributed by atoms with Crippen molar-refractivity contribution in [2.75, 3.05) is 19.8 Å². The highest BCUT2D eigenvalue weighted by molar-refractivity contribution is 7.71. The van der Waals surface area contributed by atoms with Crippen LogP contribution < -0.4 is 0 Å². The van der Waals surface area contributed by atoms with E-state index in [0.717, 1.165) is 0 Å². The van der Waals surface area contributed by atoms with Gasteiger partial charge in [0, 0.05) is 0 Å². The van der Waals surface area contributed by atoms with E-state index in [-0.39, 0.29) is 19.8 Å². The van der Waals surface area contributed by atoms with Crippen molar-refractivity contribution >= 4 is 13.3 Å². The Morgan fingerprint density at radius 2 is 1.64 bits per heavy atom. The summed E-state index contributed by atoms with van der Waals surface area (Å²) in [6, 6.07) is 0. The number of carbonyl (C=O) groups is 1. The molecule has 0 fully saturated rings. The topological polar surface area (TPSA) is 61.8 Å². The van der Waals surface area contributed by atoms with Crippen LogP contribution >= 0.6 is 7.60 Å². The molecule has 0 atom stereocenters. The van der Waals surface area contributed by atoms with Crippen LogP contribution in [-0.2, 0) is 18.3 Å². The Labute approximate surface area is 84.3 Å². The third-order valence-electron chi connectivity index (χ3n) is 1.25. The van der Waals surface area contributed by atoms with Gasteiger partial charge in [0.1, 0.15) is 0 Å². The Balaban J connectivity index is 4.31. The van der Waals surface area contributed by atoms with Crippen molar-refractivity contribution in [2.24, 2.45) is 0 Å². The summed E-state index contributed by atoms with van der Waals surface area (Å²) in [4.78, 5) is 11.3. The minimum absolute atomic E-state index is 0.151. The molecule has 0 bridgehead atoms. The maximum Gasteiger partial charge on any atom is 0.438 e. The van der Waals surface area contributed by atoms with E-state index < -0.39 is 13.3 Å². The van der Waals surface area contributed by atoms with E-state index in [9.17, 15) is 9.36 Å². The predicted octanol–water partition coefficient (Wildman–Crippen LogP) is 2.80. The third-order valence-corrected chi connectivity index (χ3v) is 3.02. The van der Waals surface area contributed by atoms with Crippen molar-refractivity contribution in [3.63, 3.8) is 0 Å². The lowest BCUT2D eigenvalue weighted by Gasteiger charge is -2.14. The standard InChI is InChI=1S/C8H17O5P/c1-4-7-11-8(9)14(10,12-5-2)13-6-3/h4-7H2,1-3H3. The Bertz CT molecular complexity index is 206. The summed E-state index contributed by atoms with van der Waals surface area (Å²) in [5.41, 5.74) is -0.900. The fourth-order valence-electron chi connectivity index (χ4n) is 0.751. The fourth-order valence-corrected chi connectivity index (χ4v) is 1.97. The second kappa shape index (κ2) is 6.98. The summed E-state index contributed by atoms with van der Waals surface area (Å²) in [5, 5.41) is 0. The molecule has 0 unspecified atom stereocenters. The molecule has 6 heteroatoms. The van der Waals surface area contributed by atoms with Crippen LogP contribution in [0.1, 0.15) is 27.2 Å². The highest BCUT2D eigenvalue weighted by Gasteiger charge is 2.36. The molecule has 0 rings (SSSR count). The van der Waals surface area contributed by atoms with Gasteiger partial charge in [0.25, 0.3) is 0 Å². The highest BCUT2D eigenvalue weighted by atomic mass is 31.2. The monoisotopic (exact) mass is 224 g/mol. The summed E-state index contributed by atoms with van der Waals surface area (Å²) in [7, 11) is -3.70. The van der Waals surface area contributed by atoms with Crippen LogP contribution in [-0.4, -0.2) is 25.5 Å². The number of rotatable bonds is 7. The van der Waals surface area contributed by atoms with Gasteiger partial charge in [-0.3, -0.25) is 0 Å². The SMILES string of the molecule is CCCOC(=O)P(=O)(OCC)OCC. The molecule has 0 saturated heterocycles. The maximum atomic E-state index is 11.7. The molecule has 0 aromatic carbocycles. The molecule has 0 N–H and O–H groups in total. The van der Waals surface area contributed by atoms with Gasteiger partial charge in [-0.25, -0.2) is 9.36 Å². The lowest BCUT2D eigenvalue weighted by molar-refractivity contribution is 0.148.